The van der Waals surface area contributed by atoms with Crippen LogP contribution in [0.5, 0.6) is 0 Å². The van der Waals surface area contributed by atoms with Crippen LogP contribution in [-0.2, 0) is 9.47 Å². The number of hydrogen-bond donors (Lipinski definition) is 2. The maximum Gasteiger partial charge on any atom is 0.272 e. The summed E-state index contributed by atoms with van der Waals surface area (Å²) in [5.41, 5.74) is 3.51. The molecule has 0 saturated heterocycles. The van der Waals surface area contributed by atoms with Gasteiger partial charge in [0.1, 0.15) is 0 Å². The molecule has 1 saturated carbocycles. The predicted octanol–water partition coefficient (Wildman–Crippen LogP) is 2.79. The van der Waals surface area contributed by atoms with Gasteiger partial charge >= 0.3 is 0 Å². The topological polar surface area (TPSA) is 102 Å². The molecule has 0 radical (unpaired) electrons. The fourth-order valence-electron chi connectivity index (χ4n) is 3.51. The molecule has 0 aliphatic heterocycles. The van der Waals surface area contributed by atoms with E-state index in [2.05, 4.69) is 25.5 Å². The van der Waals surface area contributed by atoms with Gasteiger partial charge in [0.25, 0.3) is 5.91 Å². The molecule has 1 aliphatic rings. The first kappa shape index (κ1) is 19.0. The van der Waals surface area contributed by atoms with Crippen molar-refractivity contribution >= 4 is 28.1 Å². The third-order valence-corrected chi connectivity index (χ3v) is 5.78. The number of ether oxygens (including phenoxy) is 2. The number of aromatic amines is 1. The molecule has 3 aromatic rings. The lowest BCUT2D eigenvalue weighted by Gasteiger charge is -2.29. The maximum absolute atomic E-state index is 13.0. The SMILES string of the molecule is COCCOC1CCC(NC(=O)c2nc(-c3cncs3)cc3cn[nH]c23)CC1. The molecule has 0 atom stereocenters. The lowest BCUT2D eigenvalue weighted by Crippen LogP contribution is -2.39. The van der Waals surface area contributed by atoms with Gasteiger partial charge in [0.05, 0.1) is 47.1 Å². The number of nitrogens with one attached hydrogen (secondary N) is 2. The Bertz CT molecular complexity index is 919. The van der Waals surface area contributed by atoms with E-state index in [0.717, 1.165) is 41.6 Å². The van der Waals surface area contributed by atoms with E-state index in [-0.39, 0.29) is 18.1 Å². The Morgan fingerprint density at radius 3 is 2.89 bits per heavy atom. The monoisotopic (exact) mass is 401 g/mol. The summed E-state index contributed by atoms with van der Waals surface area (Å²) in [4.78, 5) is 22.6. The maximum atomic E-state index is 13.0. The third kappa shape index (κ3) is 4.21. The average molecular weight is 401 g/mol. The van der Waals surface area contributed by atoms with Gasteiger partial charge in [-0.15, -0.1) is 11.3 Å². The highest BCUT2D eigenvalue weighted by Gasteiger charge is 2.25. The molecule has 2 N–H and O–H groups in total. The molecule has 3 heterocycles. The number of thiazole rings is 1. The summed E-state index contributed by atoms with van der Waals surface area (Å²) in [5, 5.41) is 11.0. The lowest BCUT2D eigenvalue weighted by atomic mass is 9.93. The number of nitrogens with zero attached hydrogens (tertiary/aromatic N) is 3. The zero-order chi connectivity index (χ0) is 19.3. The van der Waals surface area contributed by atoms with Crippen molar-refractivity contribution in [2.75, 3.05) is 20.3 Å². The van der Waals surface area contributed by atoms with Gasteiger partial charge in [0, 0.05) is 24.7 Å². The van der Waals surface area contributed by atoms with Crippen LogP contribution in [0.2, 0.25) is 0 Å². The Hall–Kier alpha value is -2.36. The quantitative estimate of drug-likeness (QED) is 0.590. The molecule has 1 aliphatic carbocycles. The second kappa shape index (κ2) is 8.76. The second-order valence-electron chi connectivity index (χ2n) is 6.87. The Morgan fingerprint density at radius 2 is 2.14 bits per heavy atom. The van der Waals surface area contributed by atoms with E-state index in [4.69, 9.17) is 9.47 Å². The Balaban J connectivity index is 1.44. The standard InChI is InChI=1S/C19H23N5O3S/c1-26-6-7-27-14-4-2-13(3-5-14)22-19(25)18-17-12(9-21-24-17)8-15(23-18)16-10-20-11-28-16/h8-11,13-14H,2-7H2,1H3,(H,21,24)(H,22,25). The van der Waals surface area contributed by atoms with Gasteiger partial charge in [-0.05, 0) is 31.7 Å². The number of carbonyl (C=O) groups excluding carboxylic acids is 1. The number of carbonyl (C=O) groups is 1. The van der Waals surface area contributed by atoms with Gasteiger partial charge in [-0.25, -0.2) is 4.98 Å². The zero-order valence-electron chi connectivity index (χ0n) is 15.7. The van der Waals surface area contributed by atoms with Gasteiger partial charge in [0.2, 0.25) is 0 Å². The van der Waals surface area contributed by atoms with Crippen LogP contribution in [0.15, 0.2) is 24.0 Å². The molecule has 1 amide bonds. The van der Waals surface area contributed by atoms with Crippen molar-refractivity contribution in [3.05, 3.63) is 29.7 Å². The number of amides is 1. The van der Waals surface area contributed by atoms with Gasteiger partial charge in [-0.1, -0.05) is 0 Å². The van der Waals surface area contributed by atoms with E-state index in [9.17, 15) is 4.79 Å². The zero-order valence-corrected chi connectivity index (χ0v) is 16.5. The van der Waals surface area contributed by atoms with Gasteiger partial charge < -0.3 is 14.8 Å². The number of rotatable bonds is 7. The molecule has 8 nitrogen and oxygen atoms in total. The normalized spacial score (nSPS) is 19.8. The molecule has 4 rings (SSSR count). The van der Waals surface area contributed by atoms with E-state index < -0.39 is 0 Å². The van der Waals surface area contributed by atoms with Crippen LogP contribution in [0, 0.1) is 0 Å². The molecule has 28 heavy (non-hydrogen) atoms. The smallest absolute Gasteiger partial charge is 0.272 e. The lowest BCUT2D eigenvalue weighted by molar-refractivity contribution is -0.00409. The molecule has 1 fully saturated rings. The average Bonchev–Trinajstić information content (AvgIpc) is 3.40. The molecular formula is C19H23N5O3S. The number of hydrogen-bond acceptors (Lipinski definition) is 7. The minimum atomic E-state index is -0.177. The summed E-state index contributed by atoms with van der Waals surface area (Å²) in [7, 11) is 1.67. The fraction of sp³-hybridized carbons (Fsp3) is 0.474. The first-order valence-electron chi connectivity index (χ1n) is 9.39. The highest BCUT2D eigenvalue weighted by molar-refractivity contribution is 7.13. The number of aromatic nitrogens is 4. The predicted molar refractivity (Wildman–Crippen MR) is 106 cm³/mol. The van der Waals surface area contributed by atoms with Crippen LogP contribution < -0.4 is 5.32 Å². The van der Waals surface area contributed by atoms with Gasteiger partial charge in [0.15, 0.2) is 5.69 Å². The first-order chi connectivity index (χ1) is 13.7. The summed E-state index contributed by atoms with van der Waals surface area (Å²) in [6, 6.07) is 2.05. The van der Waals surface area contributed by atoms with E-state index in [0.29, 0.717) is 24.4 Å². The molecule has 3 aromatic heterocycles. The Morgan fingerprint density at radius 1 is 1.29 bits per heavy atom. The largest absolute Gasteiger partial charge is 0.382 e. The highest BCUT2D eigenvalue weighted by Crippen LogP contribution is 2.27. The van der Waals surface area contributed by atoms with E-state index in [1.54, 1.807) is 25.0 Å². The molecule has 0 bridgehead atoms. The summed E-state index contributed by atoms with van der Waals surface area (Å²) in [6.07, 6.45) is 7.36. The van der Waals surface area contributed by atoms with Crippen LogP contribution in [0.3, 0.4) is 0 Å². The van der Waals surface area contributed by atoms with Gasteiger partial charge in [-0.3, -0.25) is 14.9 Å². The van der Waals surface area contributed by atoms with Crippen molar-refractivity contribution in [1.29, 1.82) is 0 Å². The van der Waals surface area contributed by atoms with Crippen LogP contribution in [0.1, 0.15) is 36.2 Å². The molecule has 0 spiro atoms. The minimum Gasteiger partial charge on any atom is -0.382 e. The Kier molecular flexibility index (Phi) is 5.94. The van der Waals surface area contributed by atoms with Crippen molar-refractivity contribution in [2.24, 2.45) is 0 Å². The van der Waals surface area contributed by atoms with Crippen LogP contribution in [-0.4, -0.2) is 58.5 Å². The number of H-pyrrole nitrogens is 1. The second-order valence-corrected chi connectivity index (χ2v) is 7.75. The number of fused-ring (bicyclic) bond motifs is 1. The molecule has 9 heteroatoms. The van der Waals surface area contributed by atoms with Crippen molar-refractivity contribution in [3.8, 4) is 10.6 Å². The first-order valence-corrected chi connectivity index (χ1v) is 10.3. The van der Waals surface area contributed by atoms with Crippen molar-refractivity contribution in [3.63, 3.8) is 0 Å². The molecule has 0 aromatic carbocycles. The van der Waals surface area contributed by atoms with Gasteiger partial charge in [-0.2, -0.15) is 5.10 Å². The fourth-order valence-corrected chi connectivity index (χ4v) is 4.09. The van der Waals surface area contributed by atoms with Crippen molar-refractivity contribution in [1.82, 2.24) is 25.5 Å². The number of pyridine rings is 1. The molecule has 148 valence electrons. The van der Waals surface area contributed by atoms with E-state index in [1.165, 1.54) is 11.3 Å². The summed E-state index contributed by atoms with van der Waals surface area (Å²) in [6.45, 7) is 1.23. The molecular weight excluding hydrogens is 378 g/mol. The summed E-state index contributed by atoms with van der Waals surface area (Å²) >= 11 is 1.49. The Labute approximate surface area is 166 Å². The number of methoxy groups -OCH3 is 1. The summed E-state index contributed by atoms with van der Waals surface area (Å²) in [5.74, 6) is -0.177. The van der Waals surface area contributed by atoms with E-state index >= 15 is 0 Å². The van der Waals surface area contributed by atoms with Crippen LogP contribution in [0.4, 0.5) is 0 Å². The van der Waals surface area contributed by atoms with Crippen LogP contribution >= 0.6 is 11.3 Å². The van der Waals surface area contributed by atoms with Crippen molar-refractivity contribution < 1.29 is 14.3 Å². The highest BCUT2D eigenvalue weighted by atomic mass is 32.1. The minimum absolute atomic E-state index is 0.126. The molecule has 0 unspecified atom stereocenters. The summed E-state index contributed by atoms with van der Waals surface area (Å²) < 4.78 is 10.8. The van der Waals surface area contributed by atoms with E-state index in [1.807, 2.05) is 6.07 Å². The third-order valence-electron chi connectivity index (χ3n) is 4.98. The van der Waals surface area contributed by atoms with Crippen LogP contribution in [0.25, 0.3) is 21.5 Å². The van der Waals surface area contributed by atoms with Crippen molar-refractivity contribution in [2.45, 2.75) is 37.8 Å².